The van der Waals surface area contributed by atoms with Gasteiger partial charge in [0.1, 0.15) is 5.69 Å². The van der Waals surface area contributed by atoms with E-state index >= 15 is 0 Å². The molecule has 1 amide bonds. The van der Waals surface area contributed by atoms with Gasteiger partial charge in [-0.1, -0.05) is 38.5 Å². The summed E-state index contributed by atoms with van der Waals surface area (Å²) >= 11 is 0. The molecular formula is C20H31N3O. The van der Waals surface area contributed by atoms with E-state index in [1.807, 2.05) is 6.07 Å². The number of aromatic nitrogens is 2. The molecule has 3 fully saturated rings. The fraction of sp³-hybridized carbons (Fsp3) is 0.800. The van der Waals surface area contributed by atoms with Crippen molar-refractivity contribution in [3.05, 3.63) is 17.5 Å². The van der Waals surface area contributed by atoms with Crippen LogP contribution in [0.2, 0.25) is 0 Å². The molecule has 3 aliphatic carbocycles. The number of nitrogens with one attached hydrogen (secondary N) is 1. The summed E-state index contributed by atoms with van der Waals surface area (Å²) in [6, 6.07) is 2.49. The lowest BCUT2D eigenvalue weighted by Gasteiger charge is -2.38. The molecule has 4 nitrogen and oxygen atoms in total. The summed E-state index contributed by atoms with van der Waals surface area (Å²) in [6.45, 7) is 2.09. The highest BCUT2D eigenvalue weighted by atomic mass is 16.2. The molecule has 132 valence electrons. The van der Waals surface area contributed by atoms with Crippen LogP contribution in [0.25, 0.3) is 0 Å². The van der Waals surface area contributed by atoms with Gasteiger partial charge in [0, 0.05) is 11.2 Å². The molecule has 0 atom stereocenters. The number of carbonyl (C=O) groups is 1. The number of hydrogen-bond donors (Lipinski definition) is 1. The number of nitrogens with zero attached hydrogens (tertiary/aromatic N) is 2. The van der Waals surface area contributed by atoms with Crippen molar-refractivity contribution in [3.63, 3.8) is 0 Å². The van der Waals surface area contributed by atoms with Crippen molar-refractivity contribution in [3.8, 4) is 0 Å². The molecule has 0 saturated heterocycles. The average molecular weight is 329 g/mol. The maximum absolute atomic E-state index is 12.9. The summed E-state index contributed by atoms with van der Waals surface area (Å²) in [6.07, 6.45) is 15.0. The van der Waals surface area contributed by atoms with Crippen molar-refractivity contribution in [2.24, 2.45) is 5.92 Å². The molecule has 3 saturated carbocycles. The average Bonchev–Trinajstić information content (AvgIpc) is 3.39. The van der Waals surface area contributed by atoms with Crippen LogP contribution in [0.3, 0.4) is 0 Å². The molecule has 0 unspecified atom stereocenters. The van der Waals surface area contributed by atoms with Gasteiger partial charge >= 0.3 is 0 Å². The van der Waals surface area contributed by atoms with E-state index in [2.05, 4.69) is 16.9 Å². The highest BCUT2D eigenvalue weighted by Gasteiger charge is 2.46. The largest absolute Gasteiger partial charge is 0.345 e. The maximum atomic E-state index is 12.9. The predicted molar refractivity (Wildman–Crippen MR) is 95.1 cm³/mol. The molecule has 1 aromatic heterocycles. The van der Waals surface area contributed by atoms with Crippen LogP contribution in [0.5, 0.6) is 0 Å². The first-order chi connectivity index (χ1) is 11.7. The van der Waals surface area contributed by atoms with Crippen molar-refractivity contribution in [2.45, 2.75) is 95.6 Å². The fourth-order valence-corrected chi connectivity index (χ4v) is 5.04. The summed E-state index contributed by atoms with van der Waals surface area (Å²) in [4.78, 5) is 12.9. The minimum atomic E-state index is 0.0569. The van der Waals surface area contributed by atoms with E-state index in [4.69, 9.17) is 5.10 Å². The second kappa shape index (κ2) is 6.53. The summed E-state index contributed by atoms with van der Waals surface area (Å²) < 4.78 is 2.12. The summed E-state index contributed by atoms with van der Waals surface area (Å²) in [5.41, 5.74) is 1.83. The van der Waals surface area contributed by atoms with Crippen molar-refractivity contribution in [1.29, 1.82) is 0 Å². The van der Waals surface area contributed by atoms with Gasteiger partial charge in [0.2, 0.25) is 0 Å². The van der Waals surface area contributed by atoms with Crippen LogP contribution in [0.1, 0.15) is 99.3 Å². The van der Waals surface area contributed by atoms with Gasteiger partial charge < -0.3 is 5.32 Å². The van der Waals surface area contributed by atoms with E-state index in [9.17, 15) is 4.79 Å². The molecule has 3 aliphatic rings. The molecule has 1 heterocycles. The second-order valence-electron chi connectivity index (χ2n) is 8.35. The number of amides is 1. The summed E-state index contributed by atoms with van der Waals surface area (Å²) in [5.74, 6) is 0.768. The Labute approximate surface area is 145 Å². The van der Waals surface area contributed by atoms with Crippen molar-refractivity contribution >= 4 is 5.91 Å². The van der Waals surface area contributed by atoms with Crippen molar-refractivity contribution < 1.29 is 4.79 Å². The van der Waals surface area contributed by atoms with Crippen LogP contribution in [-0.2, 0) is 0 Å². The Bertz CT molecular complexity index is 590. The van der Waals surface area contributed by atoms with Gasteiger partial charge in [-0.3, -0.25) is 9.48 Å². The third kappa shape index (κ3) is 3.12. The van der Waals surface area contributed by atoms with Gasteiger partial charge in [0.05, 0.1) is 6.04 Å². The smallest absolute Gasteiger partial charge is 0.272 e. The Balaban J connectivity index is 1.49. The quantitative estimate of drug-likeness (QED) is 0.881. The maximum Gasteiger partial charge on any atom is 0.272 e. The van der Waals surface area contributed by atoms with Crippen LogP contribution >= 0.6 is 0 Å². The molecule has 0 radical (unpaired) electrons. The van der Waals surface area contributed by atoms with Gasteiger partial charge in [-0.15, -0.1) is 0 Å². The van der Waals surface area contributed by atoms with Gasteiger partial charge in [-0.25, -0.2) is 0 Å². The van der Waals surface area contributed by atoms with Crippen LogP contribution in [0.15, 0.2) is 6.07 Å². The Morgan fingerprint density at radius 2 is 1.75 bits per heavy atom. The van der Waals surface area contributed by atoms with Crippen LogP contribution < -0.4 is 5.32 Å². The SMILES string of the molecule is Cc1cc(C(=O)NC2(C3CC3)CCCCC2)nn1C1CCCCC1. The van der Waals surface area contributed by atoms with E-state index in [0.29, 0.717) is 17.7 Å². The lowest BCUT2D eigenvalue weighted by Crippen LogP contribution is -2.51. The first kappa shape index (κ1) is 16.2. The Morgan fingerprint density at radius 1 is 1.08 bits per heavy atom. The molecular weight excluding hydrogens is 298 g/mol. The van der Waals surface area contributed by atoms with E-state index < -0.39 is 0 Å². The van der Waals surface area contributed by atoms with Gasteiger partial charge in [-0.05, 0) is 57.4 Å². The molecule has 24 heavy (non-hydrogen) atoms. The molecule has 1 N–H and O–H groups in total. The minimum absolute atomic E-state index is 0.0569. The predicted octanol–water partition coefficient (Wildman–Crippen LogP) is 4.54. The highest BCUT2D eigenvalue weighted by molar-refractivity contribution is 5.93. The van der Waals surface area contributed by atoms with Crippen LogP contribution in [-0.4, -0.2) is 21.2 Å². The fourth-order valence-electron chi connectivity index (χ4n) is 5.04. The number of carbonyl (C=O) groups excluding carboxylic acids is 1. The second-order valence-corrected chi connectivity index (χ2v) is 8.35. The third-order valence-corrected chi connectivity index (χ3v) is 6.54. The van der Waals surface area contributed by atoms with Crippen molar-refractivity contribution in [1.82, 2.24) is 15.1 Å². The van der Waals surface area contributed by atoms with Crippen molar-refractivity contribution in [2.75, 3.05) is 0 Å². The lowest BCUT2D eigenvalue weighted by molar-refractivity contribution is 0.0839. The van der Waals surface area contributed by atoms with Gasteiger partial charge in [-0.2, -0.15) is 5.10 Å². The Morgan fingerprint density at radius 3 is 2.42 bits per heavy atom. The zero-order valence-corrected chi connectivity index (χ0v) is 15.0. The molecule has 0 aromatic carbocycles. The standard InChI is InChI=1S/C20H31N3O/c1-15-14-18(22-23(15)17-8-4-2-5-9-17)19(24)21-20(16-10-11-16)12-6-3-7-13-20/h14,16-17H,2-13H2,1H3,(H,21,24). The first-order valence-electron chi connectivity index (χ1n) is 10.1. The van der Waals surface area contributed by atoms with E-state index in [0.717, 1.165) is 18.5 Å². The number of hydrogen-bond acceptors (Lipinski definition) is 2. The molecule has 1 aromatic rings. The normalized spacial score (nSPS) is 24.7. The van der Waals surface area contributed by atoms with Gasteiger partial charge in [0.25, 0.3) is 5.91 Å². The molecule has 0 aliphatic heterocycles. The molecule has 4 rings (SSSR count). The minimum Gasteiger partial charge on any atom is -0.345 e. The third-order valence-electron chi connectivity index (χ3n) is 6.54. The summed E-state index contributed by atoms with van der Waals surface area (Å²) in [7, 11) is 0. The topological polar surface area (TPSA) is 46.9 Å². The number of rotatable bonds is 4. The highest BCUT2D eigenvalue weighted by Crippen LogP contribution is 2.47. The summed E-state index contributed by atoms with van der Waals surface area (Å²) in [5, 5.41) is 8.15. The zero-order valence-electron chi connectivity index (χ0n) is 15.0. The first-order valence-corrected chi connectivity index (χ1v) is 10.1. The lowest BCUT2D eigenvalue weighted by atomic mass is 9.78. The molecule has 0 spiro atoms. The Kier molecular flexibility index (Phi) is 4.40. The molecule has 4 heteroatoms. The molecule has 0 bridgehead atoms. The monoisotopic (exact) mass is 329 g/mol. The van der Waals surface area contributed by atoms with E-state index in [1.165, 1.54) is 64.2 Å². The Hall–Kier alpha value is -1.32. The van der Waals surface area contributed by atoms with Crippen LogP contribution in [0.4, 0.5) is 0 Å². The zero-order chi connectivity index (χ0) is 16.6. The number of aryl methyl sites for hydroxylation is 1. The van der Waals surface area contributed by atoms with E-state index in [1.54, 1.807) is 0 Å². The van der Waals surface area contributed by atoms with Gasteiger partial charge in [0.15, 0.2) is 0 Å². The van der Waals surface area contributed by atoms with Crippen LogP contribution in [0, 0.1) is 12.8 Å². The van der Waals surface area contributed by atoms with E-state index in [-0.39, 0.29) is 11.4 Å².